The Bertz CT molecular complexity index is 1030. The lowest BCUT2D eigenvalue weighted by Gasteiger charge is -2.37. The van der Waals surface area contributed by atoms with E-state index >= 15 is 0 Å². The normalized spacial score (nSPS) is 25.4. The van der Waals surface area contributed by atoms with Gasteiger partial charge in [0.25, 0.3) is 0 Å². The van der Waals surface area contributed by atoms with E-state index in [0.717, 1.165) is 4.88 Å². The number of amidine groups is 1. The van der Waals surface area contributed by atoms with Crippen molar-refractivity contribution in [2.45, 2.75) is 38.0 Å². The average Bonchev–Trinajstić information content (AvgIpc) is 3.16. The van der Waals surface area contributed by atoms with E-state index in [2.05, 4.69) is 50.2 Å². The third kappa shape index (κ3) is 2.75. The molecule has 1 unspecified atom stereocenters. The maximum absolute atomic E-state index is 12.8. The summed E-state index contributed by atoms with van der Waals surface area (Å²) in [6.07, 6.45) is 0. The Morgan fingerprint density at radius 3 is 2.50 bits per heavy atom. The van der Waals surface area contributed by atoms with E-state index in [1.54, 1.807) is 11.3 Å². The predicted octanol–water partition coefficient (Wildman–Crippen LogP) is 5.05. The van der Waals surface area contributed by atoms with Crippen molar-refractivity contribution in [2.75, 3.05) is 5.75 Å². The van der Waals surface area contributed by atoms with E-state index in [1.165, 1.54) is 25.4 Å². The Balaban J connectivity index is 1.80. The van der Waals surface area contributed by atoms with Crippen LogP contribution in [-0.4, -0.2) is 20.5 Å². The highest BCUT2D eigenvalue weighted by Crippen LogP contribution is 2.45. The summed E-state index contributed by atoms with van der Waals surface area (Å²) < 4.78 is 13.5. The molecular weight excluding hydrogens is 380 g/mol. The maximum atomic E-state index is 12.8. The fourth-order valence-corrected chi connectivity index (χ4v) is 7.19. The van der Waals surface area contributed by atoms with Gasteiger partial charge < -0.3 is 5.73 Å². The molecule has 0 aliphatic carbocycles. The molecule has 1 aromatic carbocycles. The molecule has 0 bridgehead atoms. The summed E-state index contributed by atoms with van der Waals surface area (Å²) in [7, 11) is -1.05. The first-order valence-corrected chi connectivity index (χ1v) is 11.5. The molecule has 26 heavy (non-hydrogen) atoms. The summed E-state index contributed by atoms with van der Waals surface area (Å²) in [4.78, 5) is 8.48. The van der Waals surface area contributed by atoms with Gasteiger partial charge in [0.05, 0.1) is 10.5 Å². The Hall–Kier alpha value is -1.50. The van der Waals surface area contributed by atoms with Crippen molar-refractivity contribution in [3.63, 3.8) is 0 Å². The first-order valence-electron chi connectivity index (χ1n) is 8.55. The average molecular weight is 403 g/mol. The SMILES string of the molecule is Cc1cc(-c2cc3ccccc3s2)sc1[C@]1(C)CS(=O)C(C)(C)C(N)=N1. The number of nitrogens with zero attached hydrogens (tertiary/aromatic N) is 1. The summed E-state index contributed by atoms with van der Waals surface area (Å²) in [5.74, 6) is 0.995. The molecule has 1 aliphatic heterocycles. The molecule has 3 heterocycles. The Morgan fingerprint density at radius 1 is 1.12 bits per heavy atom. The van der Waals surface area contributed by atoms with Crippen LogP contribution in [0.1, 0.15) is 31.2 Å². The van der Waals surface area contributed by atoms with E-state index in [0.29, 0.717) is 11.6 Å². The lowest BCUT2D eigenvalue weighted by atomic mass is 9.99. The minimum absolute atomic E-state index is 0.487. The van der Waals surface area contributed by atoms with Gasteiger partial charge in [0.15, 0.2) is 0 Å². The van der Waals surface area contributed by atoms with Gasteiger partial charge in [0, 0.05) is 30.1 Å². The fraction of sp³-hybridized carbons (Fsp3) is 0.350. The molecular formula is C20H22N2OS3. The molecule has 6 heteroatoms. The molecule has 0 amide bonds. The number of hydrogen-bond acceptors (Lipinski definition) is 5. The highest BCUT2D eigenvalue weighted by atomic mass is 32.2. The van der Waals surface area contributed by atoms with Gasteiger partial charge in [0.2, 0.25) is 0 Å². The van der Waals surface area contributed by atoms with Gasteiger partial charge in [0.1, 0.15) is 11.4 Å². The van der Waals surface area contributed by atoms with E-state index in [4.69, 9.17) is 10.7 Å². The highest BCUT2D eigenvalue weighted by Gasteiger charge is 2.44. The van der Waals surface area contributed by atoms with Gasteiger partial charge in [-0.25, -0.2) is 0 Å². The molecule has 2 N–H and O–H groups in total. The number of aryl methyl sites for hydroxylation is 1. The highest BCUT2D eigenvalue weighted by molar-refractivity contribution is 7.87. The molecule has 2 aromatic heterocycles. The molecule has 3 aromatic rings. The van der Waals surface area contributed by atoms with Crippen LogP contribution in [0.4, 0.5) is 0 Å². The Kier molecular flexibility index (Phi) is 4.13. The second kappa shape index (κ2) is 6.01. The molecule has 136 valence electrons. The van der Waals surface area contributed by atoms with Crippen molar-refractivity contribution < 1.29 is 4.21 Å². The first-order chi connectivity index (χ1) is 12.2. The number of benzene rings is 1. The second-order valence-electron chi connectivity index (χ2n) is 7.54. The van der Waals surface area contributed by atoms with Crippen LogP contribution in [0, 0.1) is 6.92 Å². The lowest BCUT2D eigenvalue weighted by Crippen LogP contribution is -2.51. The quantitative estimate of drug-likeness (QED) is 0.652. The van der Waals surface area contributed by atoms with Gasteiger partial charge in [-0.2, -0.15) is 0 Å². The zero-order chi connectivity index (χ0) is 18.7. The van der Waals surface area contributed by atoms with E-state index in [9.17, 15) is 4.21 Å². The molecule has 2 atom stereocenters. The molecule has 0 fully saturated rings. The Labute approximate surface area is 164 Å². The van der Waals surface area contributed by atoms with Crippen LogP contribution < -0.4 is 5.73 Å². The zero-order valence-electron chi connectivity index (χ0n) is 15.3. The number of hydrogen-bond donors (Lipinski definition) is 1. The topological polar surface area (TPSA) is 55.5 Å². The molecule has 0 spiro atoms. The van der Waals surface area contributed by atoms with Crippen molar-refractivity contribution in [2.24, 2.45) is 10.7 Å². The van der Waals surface area contributed by atoms with Gasteiger partial charge in [-0.3, -0.25) is 9.20 Å². The van der Waals surface area contributed by atoms with Crippen molar-refractivity contribution in [1.29, 1.82) is 0 Å². The van der Waals surface area contributed by atoms with Crippen LogP contribution in [0.2, 0.25) is 0 Å². The standard InChI is InChI=1S/C20H22N2OS3/c1-12-9-15(16-10-13-7-5-6-8-14(13)24-16)25-17(12)20(4)11-26(23)19(2,3)18(21)22-20/h5-10H,11H2,1-4H3,(H2,21,22)/t20-,26?/m0/s1. The van der Waals surface area contributed by atoms with Crippen LogP contribution in [0.15, 0.2) is 41.4 Å². The number of nitrogens with two attached hydrogens (primary N) is 1. The lowest BCUT2D eigenvalue weighted by molar-refractivity contribution is 0.542. The van der Waals surface area contributed by atoms with E-state index in [-0.39, 0.29) is 0 Å². The fourth-order valence-electron chi connectivity index (χ4n) is 3.34. The van der Waals surface area contributed by atoms with Crippen molar-refractivity contribution in [3.05, 3.63) is 46.8 Å². The van der Waals surface area contributed by atoms with Crippen LogP contribution >= 0.6 is 22.7 Å². The maximum Gasteiger partial charge on any atom is 0.113 e. The van der Waals surface area contributed by atoms with Gasteiger partial charge >= 0.3 is 0 Å². The van der Waals surface area contributed by atoms with E-state index < -0.39 is 21.1 Å². The number of fused-ring (bicyclic) bond motifs is 1. The number of rotatable bonds is 2. The largest absolute Gasteiger partial charge is 0.386 e. The van der Waals surface area contributed by atoms with E-state index in [1.807, 2.05) is 25.2 Å². The van der Waals surface area contributed by atoms with Gasteiger partial charge in [-0.1, -0.05) is 18.2 Å². The molecule has 0 saturated carbocycles. The van der Waals surface area contributed by atoms with Crippen LogP contribution in [0.25, 0.3) is 19.8 Å². The smallest absolute Gasteiger partial charge is 0.113 e. The third-order valence-electron chi connectivity index (χ3n) is 5.04. The van der Waals surface area contributed by atoms with Crippen LogP contribution in [-0.2, 0) is 16.3 Å². The van der Waals surface area contributed by atoms with Crippen LogP contribution in [0.5, 0.6) is 0 Å². The number of thiophene rings is 2. The Morgan fingerprint density at radius 2 is 1.81 bits per heavy atom. The van der Waals surface area contributed by atoms with Crippen molar-refractivity contribution in [3.8, 4) is 9.75 Å². The monoisotopic (exact) mass is 402 g/mol. The molecule has 1 aliphatic rings. The summed E-state index contributed by atoms with van der Waals surface area (Å²) in [5.41, 5.74) is 6.87. The van der Waals surface area contributed by atoms with Crippen LogP contribution in [0.3, 0.4) is 0 Å². The molecule has 0 radical (unpaired) electrons. The summed E-state index contributed by atoms with van der Waals surface area (Å²) in [5, 5.41) is 1.27. The predicted molar refractivity (Wildman–Crippen MR) is 116 cm³/mol. The number of aliphatic imine (C=N–C) groups is 1. The minimum atomic E-state index is -1.05. The first kappa shape index (κ1) is 17.9. The molecule has 4 rings (SSSR count). The van der Waals surface area contributed by atoms with Crippen molar-refractivity contribution >= 4 is 49.4 Å². The summed E-state index contributed by atoms with van der Waals surface area (Å²) in [6, 6.07) is 12.9. The van der Waals surface area contributed by atoms with Gasteiger partial charge in [-0.05, 0) is 56.8 Å². The molecule has 3 nitrogen and oxygen atoms in total. The third-order valence-corrected chi connectivity index (χ3v) is 10.0. The minimum Gasteiger partial charge on any atom is -0.386 e. The molecule has 0 saturated heterocycles. The summed E-state index contributed by atoms with van der Waals surface area (Å²) >= 11 is 3.56. The second-order valence-corrected chi connectivity index (χ2v) is 11.7. The summed E-state index contributed by atoms with van der Waals surface area (Å²) in [6.45, 7) is 7.99. The van der Waals surface area contributed by atoms with Gasteiger partial charge in [-0.15, -0.1) is 22.7 Å². The van der Waals surface area contributed by atoms with Crippen molar-refractivity contribution in [1.82, 2.24) is 0 Å². The zero-order valence-corrected chi connectivity index (χ0v) is 17.8.